The second-order valence-corrected chi connectivity index (χ2v) is 11.1. The van der Waals surface area contributed by atoms with Crippen LogP contribution in [-0.2, 0) is 30.6 Å². The molecule has 0 aliphatic heterocycles. The van der Waals surface area contributed by atoms with Crippen LogP contribution in [0.1, 0.15) is 55.4 Å². The van der Waals surface area contributed by atoms with Gasteiger partial charge in [-0.1, -0.05) is 26.8 Å². The molecule has 0 saturated heterocycles. The molecule has 1 aliphatic rings. The van der Waals surface area contributed by atoms with Gasteiger partial charge in [0.1, 0.15) is 10.7 Å². The third-order valence-electron chi connectivity index (χ3n) is 6.72. The number of amides is 1. The Morgan fingerprint density at radius 1 is 1.24 bits per heavy atom. The highest BCUT2D eigenvalue weighted by Crippen LogP contribution is 2.42. The van der Waals surface area contributed by atoms with E-state index >= 15 is 0 Å². The Kier molecular flexibility index (Phi) is 6.98. The number of benzene rings is 1. The summed E-state index contributed by atoms with van der Waals surface area (Å²) in [5, 5.41) is 3.66. The molecular formula is C26H33N3O4S. The topological polar surface area (TPSA) is 93.3 Å². The molecule has 0 fully saturated rings. The van der Waals surface area contributed by atoms with E-state index in [1.54, 1.807) is 25.6 Å². The highest BCUT2D eigenvalue weighted by Gasteiger charge is 2.31. The van der Waals surface area contributed by atoms with Crippen molar-refractivity contribution < 1.29 is 14.3 Å². The van der Waals surface area contributed by atoms with Crippen LogP contribution in [0.5, 0.6) is 11.5 Å². The van der Waals surface area contributed by atoms with E-state index in [4.69, 9.17) is 14.5 Å². The molecule has 0 radical (unpaired) electrons. The summed E-state index contributed by atoms with van der Waals surface area (Å²) in [5.41, 5.74) is 2.26. The minimum Gasteiger partial charge on any atom is -0.493 e. The van der Waals surface area contributed by atoms with Crippen LogP contribution in [0.25, 0.3) is 10.2 Å². The van der Waals surface area contributed by atoms with E-state index in [9.17, 15) is 9.59 Å². The van der Waals surface area contributed by atoms with Gasteiger partial charge >= 0.3 is 0 Å². The van der Waals surface area contributed by atoms with Crippen LogP contribution in [0.2, 0.25) is 0 Å². The number of hydrogen-bond donors (Lipinski definition) is 2. The van der Waals surface area contributed by atoms with Crippen molar-refractivity contribution in [1.82, 2.24) is 15.3 Å². The molecule has 1 amide bonds. The van der Waals surface area contributed by atoms with E-state index < -0.39 is 0 Å². The van der Waals surface area contributed by atoms with E-state index in [-0.39, 0.29) is 23.3 Å². The van der Waals surface area contributed by atoms with Crippen LogP contribution in [0.15, 0.2) is 23.0 Å². The van der Waals surface area contributed by atoms with Gasteiger partial charge in [0.15, 0.2) is 11.5 Å². The Balaban J connectivity index is 1.40. The van der Waals surface area contributed by atoms with E-state index in [0.29, 0.717) is 36.2 Å². The average Bonchev–Trinajstić information content (AvgIpc) is 3.18. The molecule has 0 spiro atoms. The van der Waals surface area contributed by atoms with Crippen molar-refractivity contribution >= 4 is 27.5 Å². The van der Waals surface area contributed by atoms with Gasteiger partial charge in [-0.2, -0.15) is 0 Å². The molecule has 8 heteroatoms. The van der Waals surface area contributed by atoms with Crippen LogP contribution in [0, 0.1) is 11.3 Å². The van der Waals surface area contributed by atoms with Gasteiger partial charge in [-0.3, -0.25) is 9.59 Å². The van der Waals surface area contributed by atoms with Crippen molar-refractivity contribution in [2.24, 2.45) is 11.3 Å². The lowest BCUT2D eigenvalue weighted by Crippen LogP contribution is -2.26. The van der Waals surface area contributed by atoms with Gasteiger partial charge in [0.05, 0.1) is 19.6 Å². The number of H-pyrrole nitrogens is 1. The first-order valence-electron chi connectivity index (χ1n) is 11.7. The molecule has 2 N–H and O–H groups in total. The van der Waals surface area contributed by atoms with Crippen molar-refractivity contribution in [3.63, 3.8) is 0 Å². The molecular weight excluding hydrogens is 450 g/mol. The Morgan fingerprint density at radius 2 is 2.00 bits per heavy atom. The van der Waals surface area contributed by atoms with Gasteiger partial charge in [-0.25, -0.2) is 4.98 Å². The smallest absolute Gasteiger partial charge is 0.259 e. The Labute approximate surface area is 203 Å². The normalized spacial score (nSPS) is 15.7. The van der Waals surface area contributed by atoms with Crippen molar-refractivity contribution in [3.05, 3.63) is 50.4 Å². The lowest BCUT2D eigenvalue weighted by Gasteiger charge is -2.33. The number of carbonyl (C=O) groups excluding carboxylic acids is 1. The summed E-state index contributed by atoms with van der Waals surface area (Å²) in [7, 11) is 3.17. The summed E-state index contributed by atoms with van der Waals surface area (Å²) in [4.78, 5) is 35.0. The number of hydrogen-bond acceptors (Lipinski definition) is 6. The maximum Gasteiger partial charge on any atom is 0.259 e. The number of nitrogens with one attached hydrogen (secondary N) is 2. The molecule has 7 nitrogen and oxygen atoms in total. The van der Waals surface area contributed by atoms with Gasteiger partial charge in [0.2, 0.25) is 5.91 Å². The van der Waals surface area contributed by atoms with Crippen LogP contribution < -0.4 is 20.3 Å². The molecule has 3 aromatic rings. The monoisotopic (exact) mass is 483 g/mol. The Bertz CT molecular complexity index is 1260. The van der Waals surface area contributed by atoms with Crippen LogP contribution in [0.3, 0.4) is 0 Å². The highest BCUT2D eigenvalue weighted by molar-refractivity contribution is 7.18. The number of methoxy groups -OCH3 is 2. The summed E-state index contributed by atoms with van der Waals surface area (Å²) in [6.45, 7) is 7.24. The summed E-state index contributed by atoms with van der Waals surface area (Å²) in [6, 6.07) is 5.54. The number of aromatic amines is 1. The van der Waals surface area contributed by atoms with Gasteiger partial charge in [0.25, 0.3) is 5.56 Å². The average molecular weight is 484 g/mol. The highest BCUT2D eigenvalue weighted by atomic mass is 32.1. The SMILES string of the molecule is COc1ccc(CNC(=O)CCc2nc3sc4c(c3c(=O)[nH]2)CC[C@@H](C(C)(C)C)C4)cc1OC. The number of carbonyl (C=O) groups is 1. The summed E-state index contributed by atoms with van der Waals surface area (Å²) in [5.74, 6) is 2.34. The Morgan fingerprint density at radius 3 is 2.71 bits per heavy atom. The quantitative estimate of drug-likeness (QED) is 0.520. The fourth-order valence-electron chi connectivity index (χ4n) is 4.60. The summed E-state index contributed by atoms with van der Waals surface area (Å²) < 4.78 is 10.6. The number of fused-ring (bicyclic) bond motifs is 3. The zero-order valence-electron chi connectivity index (χ0n) is 20.5. The van der Waals surface area contributed by atoms with Gasteiger partial charge in [-0.15, -0.1) is 11.3 Å². The standard InChI is InChI=1S/C26H33N3O4S/c1-26(2,3)16-7-8-17-20(13-16)34-25-23(17)24(31)28-21(29-25)10-11-22(30)27-14-15-6-9-18(32-4)19(12-15)33-5/h6,9,12,16H,7-8,10-11,13-14H2,1-5H3,(H,27,30)(H,28,29,31)/t16-/m1/s1. The van der Waals surface area contributed by atoms with Crippen LogP contribution in [0.4, 0.5) is 0 Å². The summed E-state index contributed by atoms with van der Waals surface area (Å²) >= 11 is 1.64. The van der Waals surface area contributed by atoms with E-state index in [2.05, 4.69) is 31.1 Å². The van der Waals surface area contributed by atoms with Crippen molar-refractivity contribution in [3.8, 4) is 11.5 Å². The number of thiophene rings is 1. The molecule has 0 saturated carbocycles. The zero-order valence-corrected chi connectivity index (χ0v) is 21.4. The largest absolute Gasteiger partial charge is 0.493 e. The molecule has 1 aliphatic carbocycles. The molecule has 2 heterocycles. The van der Waals surface area contributed by atoms with E-state index in [1.165, 1.54) is 10.4 Å². The third kappa shape index (κ3) is 5.12. The second kappa shape index (κ2) is 9.78. The third-order valence-corrected chi connectivity index (χ3v) is 7.87. The fraction of sp³-hybridized carbons (Fsp3) is 0.500. The van der Waals surface area contributed by atoms with Crippen molar-refractivity contribution in [2.75, 3.05) is 14.2 Å². The maximum atomic E-state index is 12.9. The molecule has 1 atom stereocenters. The summed E-state index contributed by atoms with van der Waals surface area (Å²) in [6.07, 6.45) is 3.67. The molecule has 2 aromatic heterocycles. The maximum absolute atomic E-state index is 12.9. The van der Waals surface area contributed by atoms with Crippen LogP contribution >= 0.6 is 11.3 Å². The first kappa shape index (κ1) is 24.3. The molecule has 0 unspecified atom stereocenters. The zero-order chi connectivity index (χ0) is 24.5. The molecule has 1 aromatic carbocycles. The second-order valence-electron chi connectivity index (χ2n) is 9.97. The molecule has 182 valence electrons. The minimum atomic E-state index is -0.101. The number of ether oxygens (including phenoxy) is 2. The van der Waals surface area contributed by atoms with Crippen molar-refractivity contribution in [2.45, 2.75) is 59.4 Å². The molecule has 4 rings (SSSR count). The fourth-order valence-corrected chi connectivity index (χ4v) is 5.92. The minimum absolute atomic E-state index is 0.0857. The number of aryl methyl sites for hydroxylation is 2. The van der Waals surface area contributed by atoms with Gasteiger partial charge < -0.3 is 19.8 Å². The first-order valence-corrected chi connectivity index (χ1v) is 12.5. The lowest BCUT2D eigenvalue weighted by molar-refractivity contribution is -0.121. The van der Waals surface area contributed by atoms with Crippen LogP contribution in [-0.4, -0.2) is 30.1 Å². The predicted octanol–water partition coefficient (Wildman–Crippen LogP) is 4.40. The van der Waals surface area contributed by atoms with Crippen molar-refractivity contribution in [1.29, 1.82) is 0 Å². The molecule has 0 bridgehead atoms. The molecule has 34 heavy (non-hydrogen) atoms. The first-order chi connectivity index (χ1) is 16.2. The number of nitrogens with zero attached hydrogens (tertiary/aromatic N) is 1. The van der Waals surface area contributed by atoms with Gasteiger partial charge in [-0.05, 0) is 53.9 Å². The lowest BCUT2D eigenvalue weighted by atomic mass is 9.72. The van der Waals surface area contributed by atoms with E-state index in [1.807, 2.05) is 18.2 Å². The number of aromatic nitrogens is 2. The van der Waals surface area contributed by atoms with Gasteiger partial charge in [0, 0.05) is 24.3 Å². The van der Waals surface area contributed by atoms with E-state index in [0.717, 1.165) is 35.0 Å². The number of rotatable bonds is 7. The Hall–Kier alpha value is -2.87. The predicted molar refractivity (Wildman–Crippen MR) is 135 cm³/mol.